The Hall–Kier alpha value is -2.11. The highest BCUT2D eigenvalue weighted by Gasteiger charge is 2.25. The summed E-state index contributed by atoms with van der Waals surface area (Å²) in [5.74, 6) is 0.00893. The molecule has 0 aromatic heterocycles. The number of rotatable bonds is 4. The number of nitrogens with zero attached hydrogens (tertiary/aromatic N) is 1. The molecule has 1 aromatic carbocycles. The quantitative estimate of drug-likeness (QED) is 0.634. The number of nitro groups is 1. The molecule has 0 saturated heterocycles. The van der Waals surface area contributed by atoms with Crippen LogP contribution in [-0.2, 0) is 0 Å². The molecule has 2 rings (SSSR count). The van der Waals surface area contributed by atoms with E-state index in [-0.39, 0.29) is 23.3 Å². The molecule has 6 nitrogen and oxygen atoms in total. The van der Waals surface area contributed by atoms with Crippen LogP contribution in [0.5, 0.6) is 5.75 Å². The Morgan fingerprint density at radius 1 is 1.47 bits per heavy atom. The van der Waals surface area contributed by atoms with Gasteiger partial charge in [0.2, 0.25) is 0 Å². The van der Waals surface area contributed by atoms with Gasteiger partial charge in [0.25, 0.3) is 11.6 Å². The second kappa shape index (κ2) is 4.40. The molecule has 1 aromatic rings. The molecule has 0 atom stereocenters. The summed E-state index contributed by atoms with van der Waals surface area (Å²) >= 11 is 0. The summed E-state index contributed by atoms with van der Waals surface area (Å²) in [6, 6.07) is 4.09. The van der Waals surface area contributed by atoms with Gasteiger partial charge < -0.3 is 10.1 Å². The van der Waals surface area contributed by atoms with Crippen molar-refractivity contribution in [2.75, 3.05) is 7.05 Å². The number of carbonyl (C=O) groups is 1. The fourth-order valence-corrected chi connectivity index (χ4v) is 1.41. The van der Waals surface area contributed by atoms with Crippen molar-refractivity contribution in [1.82, 2.24) is 5.32 Å². The van der Waals surface area contributed by atoms with E-state index in [1.807, 2.05) is 0 Å². The van der Waals surface area contributed by atoms with E-state index in [1.54, 1.807) is 0 Å². The highest BCUT2D eigenvalue weighted by molar-refractivity contribution is 5.95. The number of hydrogen-bond donors (Lipinski definition) is 1. The summed E-state index contributed by atoms with van der Waals surface area (Å²) in [7, 11) is 1.47. The highest BCUT2D eigenvalue weighted by Crippen LogP contribution is 2.30. The Labute approximate surface area is 97.7 Å². The van der Waals surface area contributed by atoms with Crippen molar-refractivity contribution in [3.8, 4) is 5.75 Å². The summed E-state index contributed by atoms with van der Waals surface area (Å²) in [6.07, 6.45) is 2.05. The molecular weight excluding hydrogens is 224 g/mol. The fraction of sp³-hybridized carbons (Fsp3) is 0.364. The third-order valence-electron chi connectivity index (χ3n) is 2.42. The maximum Gasteiger partial charge on any atom is 0.273 e. The van der Waals surface area contributed by atoms with Crippen molar-refractivity contribution < 1.29 is 14.5 Å². The predicted octanol–water partition coefficient (Wildman–Crippen LogP) is 1.50. The minimum Gasteiger partial charge on any atom is -0.490 e. The van der Waals surface area contributed by atoms with Crippen molar-refractivity contribution in [2.45, 2.75) is 18.9 Å². The number of amides is 1. The van der Waals surface area contributed by atoms with Crippen molar-refractivity contribution in [1.29, 1.82) is 0 Å². The highest BCUT2D eigenvalue weighted by atomic mass is 16.6. The standard InChI is InChI=1S/C11H12N2O4/c1-12-11(14)7-4-8(13(15)16)6-10(5-7)17-9-2-3-9/h4-6,9H,2-3H2,1H3,(H,12,14). The van der Waals surface area contributed by atoms with Crippen LogP contribution in [0.2, 0.25) is 0 Å². The molecule has 1 fully saturated rings. The number of nitro benzene ring substituents is 1. The molecule has 0 radical (unpaired) electrons. The molecule has 6 heteroatoms. The Morgan fingerprint density at radius 2 is 2.18 bits per heavy atom. The van der Waals surface area contributed by atoms with Gasteiger partial charge in [0.15, 0.2) is 0 Å². The van der Waals surface area contributed by atoms with Gasteiger partial charge >= 0.3 is 0 Å². The van der Waals surface area contributed by atoms with Crippen LogP contribution in [0.1, 0.15) is 23.2 Å². The normalized spacial score (nSPS) is 14.2. The molecule has 90 valence electrons. The molecule has 1 amide bonds. The second-order valence-corrected chi connectivity index (χ2v) is 3.87. The molecule has 0 spiro atoms. The van der Waals surface area contributed by atoms with Gasteiger partial charge in [0, 0.05) is 18.7 Å². The van der Waals surface area contributed by atoms with E-state index in [9.17, 15) is 14.9 Å². The number of nitrogens with one attached hydrogen (secondary N) is 1. The summed E-state index contributed by atoms with van der Waals surface area (Å²) in [5, 5.41) is 13.2. The van der Waals surface area contributed by atoms with Crippen molar-refractivity contribution >= 4 is 11.6 Å². The van der Waals surface area contributed by atoms with E-state index in [4.69, 9.17) is 4.74 Å². The van der Waals surface area contributed by atoms with E-state index >= 15 is 0 Å². The van der Waals surface area contributed by atoms with Crippen LogP contribution >= 0.6 is 0 Å². The van der Waals surface area contributed by atoms with Gasteiger partial charge in [-0.25, -0.2) is 0 Å². The Kier molecular flexibility index (Phi) is 2.95. The summed E-state index contributed by atoms with van der Waals surface area (Å²) < 4.78 is 5.47. The molecule has 1 aliphatic carbocycles. The lowest BCUT2D eigenvalue weighted by atomic mass is 10.2. The number of hydrogen-bond acceptors (Lipinski definition) is 4. The Balaban J connectivity index is 2.33. The van der Waals surface area contributed by atoms with Crippen LogP contribution in [0, 0.1) is 10.1 Å². The van der Waals surface area contributed by atoms with Crippen LogP contribution in [-0.4, -0.2) is 24.0 Å². The monoisotopic (exact) mass is 236 g/mol. The summed E-state index contributed by atoms with van der Waals surface area (Å²) in [5.41, 5.74) is 0.0964. The maximum atomic E-state index is 11.5. The minimum atomic E-state index is -0.536. The van der Waals surface area contributed by atoms with Gasteiger partial charge in [-0.3, -0.25) is 14.9 Å². The maximum absolute atomic E-state index is 11.5. The van der Waals surface area contributed by atoms with Crippen molar-refractivity contribution in [2.24, 2.45) is 0 Å². The molecule has 1 N–H and O–H groups in total. The fourth-order valence-electron chi connectivity index (χ4n) is 1.41. The zero-order valence-corrected chi connectivity index (χ0v) is 9.30. The number of non-ortho nitro benzene ring substituents is 1. The van der Waals surface area contributed by atoms with E-state index in [0.717, 1.165) is 12.8 Å². The van der Waals surface area contributed by atoms with Crippen LogP contribution in [0.3, 0.4) is 0 Å². The zero-order valence-electron chi connectivity index (χ0n) is 9.30. The molecule has 17 heavy (non-hydrogen) atoms. The van der Waals surface area contributed by atoms with E-state index in [1.165, 1.54) is 25.2 Å². The first-order valence-electron chi connectivity index (χ1n) is 5.28. The third-order valence-corrected chi connectivity index (χ3v) is 2.42. The van der Waals surface area contributed by atoms with Gasteiger partial charge in [0.1, 0.15) is 5.75 Å². The van der Waals surface area contributed by atoms with Crippen LogP contribution < -0.4 is 10.1 Å². The lowest BCUT2D eigenvalue weighted by Gasteiger charge is -2.06. The third kappa shape index (κ3) is 2.72. The smallest absolute Gasteiger partial charge is 0.273 e. The first kappa shape index (κ1) is 11.4. The van der Waals surface area contributed by atoms with Crippen molar-refractivity contribution in [3.05, 3.63) is 33.9 Å². The first-order valence-corrected chi connectivity index (χ1v) is 5.28. The van der Waals surface area contributed by atoms with Gasteiger partial charge in [0.05, 0.1) is 17.1 Å². The predicted molar refractivity (Wildman–Crippen MR) is 60.1 cm³/mol. The SMILES string of the molecule is CNC(=O)c1cc(OC2CC2)cc([N+](=O)[O-])c1. The van der Waals surface area contributed by atoms with Crippen LogP contribution in [0.25, 0.3) is 0 Å². The molecule has 0 bridgehead atoms. The van der Waals surface area contributed by atoms with E-state index in [0.29, 0.717) is 5.75 Å². The van der Waals surface area contributed by atoms with Gasteiger partial charge in [-0.1, -0.05) is 0 Å². The molecule has 1 aliphatic rings. The van der Waals surface area contributed by atoms with Crippen LogP contribution in [0.15, 0.2) is 18.2 Å². The first-order chi connectivity index (χ1) is 8.10. The van der Waals surface area contributed by atoms with Gasteiger partial charge in [-0.05, 0) is 18.9 Å². The largest absolute Gasteiger partial charge is 0.490 e. The Morgan fingerprint density at radius 3 is 2.71 bits per heavy atom. The summed E-state index contributed by atoms with van der Waals surface area (Å²) in [4.78, 5) is 21.7. The average molecular weight is 236 g/mol. The van der Waals surface area contributed by atoms with Crippen molar-refractivity contribution in [3.63, 3.8) is 0 Å². The van der Waals surface area contributed by atoms with Gasteiger partial charge in [-0.15, -0.1) is 0 Å². The molecule has 0 unspecified atom stereocenters. The molecule has 0 aliphatic heterocycles. The topological polar surface area (TPSA) is 81.5 Å². The van der Waals surface area contributed by atoms with Gasteiger partial charge in [-0.2, -0.15) is 0 Å². The summed E-state index contributed by atoms with van der Waals surface area (Å²) in [6.45, 7) is 0. The second-order valence-electron chi connectivity index (χ2n) is 3.87. The number of carbonyl (C=O) groups excluding carboxylic acids is 1. The molecular formula is C11H12N2O4. The lowest BCUT2D eigenvalue weighted by Crippen LogP contribution is -2.18. The molecule has 1 saturated carbocycles. The number of ether oxygens (including phenoxy) is 1. The lowest BCUT2D eigenvalue weighted by molar-refractivity contribution is -0.385. The Bertz CT molecular complexity index is 469. The minimum absolute atomic E-state index is 0.134. The molecule has 0 heterocycles. The zero-order chi connectivity index (χ0) is 12.4. The van der Waals surface area contributed by atoms with Crippen LogP contribution in [0.4, 0.5) is 5.69 Å². The number of benzene rings is 1. The van der Waals surface area contributed by atoms with E-state index in [2.05, 4.69) is 5.32 Å². The average Bonchev–Trinajstić information content (AvgIpc) is 3.11. The van der Waals surface area contributed by atoms with E-state index < -0.39 is 4.92 Å².